The number of carbonyl (C=O) groups is 2. The zero-order chi connectivity index (χ0) is 15.0. The highest BCUT2D eigenvalue weighted by molar-refractivity contribution is 5.74. The number of aliphatic carboxylic acids is 1. The fourth-order valence-electron chi connectivity index (χ4n) is 1.70. The second-order valence-corrected chi connectivity index (χ2v) is 4.90. The molecule has 2 unspecified atom stereocenters. The molecule has 0 saturated carbocycles. The van der Waals surface area contributed by atoms with Gasteiger partial charge in [-0.05, 0) is 30.9 Å². The van der Waals surface area contributed by atoms with Gasteiger partial charge in [-0.1, -0.05) is 13.0 Å². The van der Waals surface area contributed by atoms with Crippen molar-refractivity contribution in [3.8, 4) is 0 Å². The Morgan fingerprint density at radius 1 is 1.40 bits per heavy atom. The predicted octanol–water partition coefficient (Wildman–Crippen LogP) is 1.94. The molecule has 0 saturated heterocycles. The lowest BCUT2D eigenvalue weighted by molar-refractivity contribution is -0.137. The summed E-state index contributed by atoms with van der Waals surface area (Å²) in [6, 6.07) is 3.33. The molecular formula is C14H21N3O3. The van der Waals surface area contributed by atoms with Gasteiger partial charge in [-0.3, -0.25) is 9.78 Å². The number of carboxylic acids is 1. The molecule has 0 bridgehead atoms. The Hall–Kier alpha value is -2.11. The summed E-state index contributed by atoms with van der Waals surface area (Å²) in [6.07, 6.45) is 4.06. The van der Waals surface area contributed by atoms with Crippen LogP contribution in [0.15, 0.2) is 24.5 Å². The highest BCUT2D eigenvalue weighted by Gasteiger charge is 2.11. The van der Waals surface area contributed by atoms with E-state index < -0.39 is 5.97 Å². The largest absolute Gasteiger partial charge is 0.481 e. The summed E-state index contributed by atoms with van der Waals surface area (Å²) in [4.78, 5) is 26.1. The van der Waals surface area contributed by atoms with E-state index in [4.69, 9.17) is 5.11 Å². The third-order valence-electron chi connectivity index (χ3n) is 2.99. The van der Waals surface area contributed by atoms with Gasteiger partial charge in [-0.25, -0.2) is 4.79 Å². The van der Waals surface area contributed by atoms with Gasteiger partial charge < -0.3 is 15.7 Å². The van der Waals surface area contributed by atoms with E-state index in [0.29, 0.717) is 13.0 Å². The minimum atomic E-state index is -0.813. The van der Waals surface area contributed by atoms with Crippen LogP contribution in [0.5, 0.6) is 0 Å². The van der Waals surface area contributed by atoms with Crippen LogP contribution in [0.3, 0.4) is 0 Å². The van der Waals surface area contributed by atoms with E-state index in [0.717, 1.165) is 5.56 Å². The van der Waals surface area contributed by atoms with Gasteiger partial charge in [0.25, 0.3) is 0 Å². The monoisotopic (exact) mass is 279 g/mol. The van der Waals surface area contributed by atoms with Crippen molar-refractivity contribution < 1.29 is 14.7 Å². The van der Waals surface area contributed by atoms with Crippen LogP contribution in [0.4, 0.5) is 4.79 Å². The zero-order valence-corrected chi connectivity index (χ0v) is 11.8. The second-order valence-electron chi connectivity index (χ2n) is 4.90. The molecule has 1 rings (SSSR count). The minimum absolute atomic E-state index is 0.122. The molecule has 0 aliphatic heterocycles. The van der Waals surface area contributed by atoms with E-state index in [1.807, 2.05) is 26.0 Å². The number of amides is 2. The van der Waals surface area contributed by atoms with Crippen LogP contribution in [0.1, 0.15) is 38.3 Å². The van der Waals surface area contributed by atoms with Crippen LogP contribution in [-0.2, 0) is 4.79 Å². The van der Waals surface area contributed by atoms with Crippen molar-refractivity contribution in [1.29, 1.82) is 0 Å². The number of aromatic nitrogens is 1. The van der Waals surface area contributed by atoms with E-state index in [9.17, 15) is 9.59 Å². The van der Waals surface area contributed by atoms with E-state index in [-0.39, 0.29) is 24.4 Å². The van der Waals surface area contributed by atoms with Crippen LogP contribution in [0.2, 0.25) is 0 Å². The molecule has 1 heterocycles. The van der Waals surface area contributed by atoms with Gasteiger partial charge in [-0.15, -0.1) is 0 Å². The zero-order valence-electron chi connectivity index (χ0n) is 11.8. The Kier molecular flexibility index (Phi) is 6.49. The highest BCUT2D eigenvalue weighted by atomic mass is 16.4. The number of carbonyl (C=O) groups excluding carboxylic acids is 1. The average Bonchev–Trinajstić information content (AvgIpc) is 2.43. The van der Waals surface area contributed by atoms with Gasteiger partial charge in [0.1, 0.15) is 0 Å². The first-order chi connectivity index (χ1) is 9.49. The SMILES string of the molecule is CC(CCC(=O)O)CNC(=O)NC(C)c1cccnc1. The Balaban J connectivity index is 2.28. The van der Waals surface area contributed by atoms with Gasteiger partial charge in [0, 0.05) is 25.4 Å². The summed E-state index contributed by atoms with van der Waals surface area (Å²) in [7, 11) is 0. The average molecular weight is 279 g/mol. The molecule has 2 amide bonds. The first-order valence-corrected chi connectivity index (χ1v) is 6.65. The Labute approximate surface area is 118 Å². The van der Waals surface area contributed by atoms with Gasteiger partial charge in [-0.2, -0.15) is 0 Å². The van der Waals surface area contributed by atoms with Gasteiger partial charge in [0.05, 0.1) is 6.04 Å². The van der Waals surface area contributed by atoms with E-state index in [2.05, 4.69) is 15.6 Å². The molecule has 6 nitrogen and oxygen atoms in total. The molecule has 0 fully saturated rings. The quantitative estimate of drug-likeness (QED) is 0.711. The molecule has 1 aromatic heterocycles. The third-order valence-corrected chi connectivity index (χ3v) is 2.99. The number of rotatable bonds is 7. The van der Waals surface area contributed by atoms with Crippen LogP contribution >= 0.6 is 0 Å². The maximum Gasteiger partial charge on any atom is 0.315 e. The van der Waals surface area contributed by atoms with E-state index >= 15 is 0 Å². The van der Waals surface area contributed by atoms with Crippen molar-refractivity contribution in [2.75, 3.05) is 6.54 Å². The molecule has 20 heavy (non-hydrogen) atoms. The van der Waals surface area contributed by atoms with Crippen molar-refractivity contribution in [1.82, 2.24) is 15.6 Å². The maximum atomic E-state index is 11.7. The standard InChI is InChI=1S/C14H21N3O3/c1-10(5-6-13(18)19)8-16-14(20)17-11(2)12-4-3-7-15-9-12/h3-4,7,9-11H,5-6,8H2,1-2H3,(H,18,19)(H2,16,17,20). The molecule has 0 aliphatic carbocycles. The van der Waals surface area contributed by atoms with Crippen LogP contribution < -0.4 is 10.6 Å². The second kappa shape index (κ2) is 8.14. The van der Waals surface area contributed by atoms with Crippen molar-refractivity contribution >= 4 is 12.0 Å². The van der Waals surface area contributed by atoms with Crippen LogP contribution in [-0.4, -0.2) is 28.6 Å². The van der Waals surface area contributed by atoms with Crippen LogP contribution in [0.25, 0.3) is 0 Å². The summed E-state index contributed by atoms with van der Waals surface area (Å²) in [6.45, 7) is 4.25. The lowest BCUT2D eigenvalue weighted by Gasteiger charge is -2.16. The van der Waals surface area contributed by atoms with Gasteiger partial charge in [0.15, 0.2) is 0 Å². The topological polar surface area (TPSA) is 91.3 Å². The van der Waals surface area contributed by atoms with Crippen molar-refractivity contribution in [3.63, 3.8) is 0 Å². The summed E-state index contributed by atoms with van der Waals surface area (Å²) in [5.41, 5.74) is 0.932. The fraction of sp³-hybridized carbons (Fsp3) is 0.500. The summed E-state index contributed by atoms with van der Waals surface area (Å²) < 4.78 is 0. The molecule has 6 heteroatoms. The Morgan fingerprint density at radius 3 is 2.75 bits per heavy atom. The minimum Gasteiger partial charge on any atom is -0.481 e. The van der Waals surface area contributed by atoms with Crippen molar-refractivity contribution in [2.45, 2.75) is 32.7 Å². The predicted molar refractivity (Wildman–Crippen MR) is 75.2 cm³/mol. The number of nitrogens with one attached hydrogen (secondary N) is 2. The van der Waals surface area contributed by atoms with Gasteiger partial charge >= 0.3 is 12.0 Å². The maximum absolute atomic E-state index is 11.7. The summed E-state index contributed by atoms with van der Waals surface area (Å²) >= 11 is 0. The van der Waals surface area contributed by atoms with Gasteiger partial charge in [0.2, 0.25) is 0 Å². The van der Waals surface area contributed by atoms with Crippen molar-refractivity contribution in [3.05, 3.63) is 30.1 Å². The molecule has 0 radical (unpaired) electrons. The summed E-state index contributed by atoms with van der Waals surface area (Å²) in [5, 5.41) is 14.1. The molecular weight excluding hydrogens is 258 g/mol. The molecule has 2 atom stereocenters. The molecule has 0 aliphatic rings. The van der Waals surface area contributed by atoms with E-state index in [1.165, 1.54) is 0 Å². The number of nitrogens with zero attached hydrogens (tertiary/aromatic N) is 1. The molecule has 3 N–H and O–H groups in total. The first-order valence-electron chi connectivity index (χ1n) is 6.65. The van der Waals surface area contributed by atoms with E-state index in [1.54, 1.807) is 12.4 Å². The lowest BCUT2D eigenvalue weighted by atomic mass is 10.1. The Morgan fingerprint density at radius 2 is 2.15 bits per heavy atom. The van der Waals surface area contributed by atoms with Crippen molar-refractivity contribution in [2.24, 2.45) is 5.92 Å². The lowest BCUT2D eigenvalue weighted by Crippen LogP contribution is -2.39. The third kappa shape index (κ3) is 6.17. The number of hydrogen-bond acceptors (Lipinski definition) is 3. The number of urea groups is 1. The molecule has 0 aromatic carbocycles. The number of carboxylic acid groups (broad SMARTS) is 1. The Bertz CT molecular complexity index is 437. The fourth-order valence-corrected chi connectivity index (χ4v) is 1.70. The molecule has 1 aromatic rings. The molecule has 0 spiro atoms. The number of pyridine rings is 1. The first kappa shape index (κ1) is 15.9. The summed E-state index contributed by atoms with van der Waals surface area (Å²) in [5.74, 6) is -0.683. The highest BCUT2D eigenvalue weighted by Crippen LogP contribution is 2.09. The molecule has 110 valence electrons. The normalized spacial score (nSPS) is 13.3. The smallest absolute Gasteiger partial charge is 0.315 e. The number of hydrogen-bond donors (Lipinski definition) is 3. The van der Waals surface area contributed by atoms with Crippen LogP contribution in [0, 0.1) is 5.92 Å².